The van der Waals surface area contributed by atoms with Crippen LogP contribution in [0.3, 0.4) is 0 Å². The van der Waals surface area contributed by atoms with Crippen molar-refractivity contribution < 1.29 is 9.21 Å². The van der Waals surface area contributed by atoms with Gasteiger partial charge >= 0.3 is 0 Å². The summed E-state index contributed by atoms with van der Waals surface area (Å²) >= 11 is 1.30. The number of hydrogen-bond donors (Lipinski definition) is 0. The summed E-state index contributed by atoms with van der Waals surface area (Å²) in [5.74, 6) is 0.536. The Morgan fingerprint density at radius 1 is 1.22 bits per heavy atom. The largest absolute Gasteiger partial charge is 0.411 e. The number of hydrogen-bond acceptors (Lipinski definition) is 5. The van der Waals surface area contributed by atoms with E-state index < -0.39 is 0 Å². The van der Waals surface area contributed by atoms with E-state index in [2.05, 4.69) is 23.2 Å². The second-order valence-corrected chi connectivity index (χ2v) is 8.18. The number of benzene rings is 2. The zero-order chi connectivity index (χ0) is 19.0. The molecule has 5 nitrogen and oxygen atoms in total. The van der Waals surface area contributed by atoms with E-state index in [0.717, 1.165) is 23.2 Å². The van der Waals surface area contributed by atoms with Crippen molar-refractivity contribution in [3.63, 3.8) is 0 Å². The molecule has 0 saturated carbocycles. The van der Waals surface area contributed by atoms with Crippen LogP contribution in [0, 0.1) is 6.92 Å². The fourth-order valence-electron chi connectivity index (χ4n) is 3.45. The maximum atomic E-state index is 13.1. The van der Waals surface area contributed by atoms with Crippen LogP contribution in [-0.2, 0) is 11.2 Å². The van der Waals surface area contributed by atoms with Crippen LogP contribution in [0.4, 0.5) is 5.69 Å². The lowest BCUT2D eigenvalue weighted by molar-refractivity contribution is -0.118. The summed E-state index contributed by atoms with van der Waals surface area (Å²) in [6.07, 6.45) is 0.886. The fourth-order valence-corrected chi connectivity index (χ4v) is 4.18. The van der Waals surface area contributed by atoms with Gasteiger partial charge in [0, 0.05) is 17.3 Å². The lowest BCUT2D eigenvalue weighted by Crippen LogP contribution is -2.40. The van der Waals surface area contributed by atoms with Gasteiger partial charge in [-0.15, -0.1) is 10.2 Å². The highest BCUT2D eigenvalue weighted by molar-refractivity contribution is 8.00. The van der Waals surface area contributed by atoms with Crippen LogP contribution in [0.25, 0.3) is 11.5 Å². The maximum Gasteiger partial charge on any atom is 0.277 e. The van der Waals surface area contributed by atoms with Crippen LogP contribution >= 0.6 is 11.8 Å². The Kier molecular flexibility index (Phi) is 4.74. The van der Waals surface area contributed by atoms with E-state index in [9.17, 15) is 4.79 Å². The molecule has 0 aliphatic carbocycles. The molecule has 1 amide bonds. The Bertz CT molecular complexity index is 985. The minimum Gasteiger partial charge on any atom is -0.411 e. The molecule has 0 radical (unpaired) electrons. The maximum absolute atomic E-state index is 13.1. The third kappa shape index (κ3) is 3.49. The molecule has 2 aromatic carbocycles. The summed E-state index contributed by atoms with van der Waals surface area (Å²) in [7, 11) is 0. The van der Waals surface area contributed by atoms with Crippen molar-refractivity contribution in [3.05, 3.63) is 59.7 Å². The van der Waals surface area contributed by atoms with Gasteiger partial charge in [0.15, 0.2) is 0 Å². The fraction of sp³-hybridized carbons (Fsp3) is 0.286. The lowest BCUT2D eigenvalue weighted by Gasteiger charge is -2.25. The zero-order valence-electron chi connectivity index (χ0n) is 15.5. The summed E-state index contributed by atoms with van der Waals surface area (Å²) < 4.78 is 5.77. The van der Waals surface area contributed by atoms with Crippen LogP contribution in [-0.4, -0.2) is 27.4 Å². The molecule has 0 N–H and O–H groups in total. The van der Waals surface area contributed by atoms with Gasteiger partial charge in [-0.2, -0.15) is 0 Å². The minimum atomic E-state index is -0.315. The number of carbonyl (C=O) groups excluding carboxylic acids is 1. The molecule has 0 saturated heterocycles. The topological polar surface area (TPSA) is 59.2 Å². The predicted octanol–water partition coefficient (Wildman–Crippen LogP) is 4.50. The van der Waals surface area contributed by atoms with Gasteiger partial charge in [-0.1, -0.05) is 47.7 Å². The van der Waals surface area contributed by atoms with Crippen molar-refractivity contribution in [2.45, 2.75) is 43.7 Å². The molecule has 0 spiro atoms. The Labute approximate surface area is 162 Å². The Morgan fingerprint density at radius 2 is 2.04 bits per heavy atom. The summed E-state index contributed by atoms with van der Waals surface area (Å²) in [6, 6.07) is 16.2. The van der Waals surface area contributed by atoms with Crippen molar-refractivity contribution in [2.24, 2.45) is 0 Å². The summed E-state index contributed by atoms with van der Waals surface area (Å²) in [6.45, 7) is 5.99. The van der Waals surface area contributed by atoms with Gasteiger partial charge in [-0.25, -0.2) is 0 Å². The quantitative estimate of drug-likeness (QED) is 0.625. The van der Waals surface area contributed by atoms with E-state index >= 15 is 0 Å². The van der Waals surface area contributed by atoms with Gasteiger partial charge in [0.05, 0.1) is 5.25 Å². The first-order valence-corrected chi connectivity index (χ1v) is 9.89. The van der Waals surface area contributed by atoms with Crippen molar-refractivity contribution >= 4 is 23.4 Å². The van der Waals surface area contributed by atoms with E-state index in [4.69, 9.17) is 4.42 Å². The van der Waals surface area contributed by atoms with Crippen LogP contribution in [0.15, 0.2) is 58.2 Å². The third-order valence-corrected chi connectivity index (χ3v) is 5.66. The van der Waals surface area contributed by atoms with Gasteiger partial charge in [-0.05, 0) is 51.0 Å². The van der Waals surface area contributed by atoms with Gasteiger partial charge in [-0.3, -0.25) is 4.79 Å². The van der Waals surface area contributed by atoms with Gasteiger partial charge in [0.25, 0.3) is 5.22 Å². The highest BCUT2D eigenvalue weighted by Gasteiger charge is 2.34. The molecule has 138 valence electrons. The second-order valence-electron chi connectivity index (χ2n) is 6.89. The van der Waals surface area contributed by atoms with Gasteiger partial charge < -0.3 is 9.32 Å². The molecule has 3 aromatic rings. The van der Waals surface area contributed by atoms with Gasteiger partial charge in [0.1, 0.15) is 0 Å². The summed E-state index contributed by atoms with van der Waals surface area (Å²) in [4.78, 5) is 15.0. The van der Waals surface area contributed by atoms with E-state index in [-0.39, 0.29) is 17.2 Å². The first kappa shape index (κ1) is 17.8. The van der Waals surface area contributed by atoms with Crippen LogP contribution in [0.5, 0.6) is 0 Å². The Hall–Kier alpha value is -2.60. The molecule has 2 atom stereocenters. The van der Waals surface area contributed by atoms with Crippen LogP contribution < -0.4 is 4.90 Å². The molecule has 1 aliphatic rings. The standard InChI is InChI=1S/C21H21N3O2S/c1-13-7-6-9-17(11-13)19-22-23-21(26-19)27-15(3)20(25)24-14(2)12-16-8-4-5-10-18(16)24/h4-11,14-15H,12H2,1-3H3/t14-,15+/m0/s1. The first-order valence-electron chi connectivity index (χ1n) is 9.01. The van der Waals surface area contributed by atoms with E-state index in [1.165, 1.54) is 17.3 Å². The normalized spacial score (nSPS) is 17.0. The van der Waals surface area contributed by atoms with E-state index in [1.807, 2.05) is 61.2 Å². The number of carbonyl (C=O) groups is 1. The molecule has 0 bridgehead atoms. The van der Waals surface area contributed by atoms with Crippen LogP contribution in [0.1, 0.15) is 25.0 Å². The van der Waals surface area contributed by atoms with Crippen molar-refractivity contribution in [1.29, 1.82) is 0 Å². The monoisotopic (exact) mass is 379 g/mol. The zero-order valence-corrected chi connectivity index (χ0v) is 16.4. The first-order chi connectivity index (χ1) is 13.0. The average molecular weight is 379 g/mol. The smallest absolute Gasteiger partial charge is 0.277 e. The molecule has 4 rings (SSSR count). The number of amides is 1. The average Bonchev–Trinajstić information content (AvgIpc) is 3.24. The number of fused-ring (bicyclic) bond motifs is 1. The van der Waals surface area contributed by atoms with Gasteiger partial charge in [0.2, 0.25) is 11.8 Å². The number of rotatable bonds is 4. The molecule has 2 heterocycles. The molecule has 0 fully saturated rings. The van der Waals surface area contributed by atoms with Crippen molar-refractivity contribution in [2.75, 3.05) is 4.90 Å². The minimum absolute atomic E-state index is 0.0627. The van der Waals surface area contributed by atoms with Crippen molar-refractivity contribution in [3.8, 4) is 11.5 Å². The van der Waals surface area contributed by atoms with E-state index in [1.54, 1.807) is 0 Å². The molecule has 6 heteroatoms. The molecular weight excluding hydrogens is 358 g/mol. The summed E-state index contributed by atoms with van der Waals surface area (Å²) in [5.41, 5.74) is 4.24. The second kappa shape index (κ2) is 7.19. The number of aryl methyl sites for hydroxylation is 1. The molecule has 27 heavy (non-hydrogen) atoms. The highest BCUT2D eigenvalue weighted by Crippen LogP contribution is 2.35. The predicted molar refractivity (Wildman–Crippen MR) is 107 cm³/mol. The molecule has 1 aromatic heterocycles. The van der Waals surface area contributed by atoms with Crippen LogP contribution in [0.2, 0.25) is 0 Å². The molecule has 1 aliphatic heterocycles. The van der Waals surface area contributed by atoms with E-state index in [0.29, 0.717) is 11.1 Å². The number of aromatic nitrogens is 2. The molecule has 0 unspecified atom stereocenters. The highest BCUT2D eigenvalue weighted by atomic mass is 32.2. The summed E-state index contributed by atoms with van der Waals surface area (Å²) in [5, 5.41) is 8.33. The Morgan fingerprint density at radius 3 is 2.85 bits per heavy atom. The lowest BCUT2D eigenvalue weighted by atomic mass is 10.1. The van der Waals surface area contributed by atoms with Crippen molar-refractivity contribution in [1.82, 2.24) is 10.2 Å². The Balaban J connectivity index is 1.50. The third-order valence-electron chi connectivity index (χ3n) is 4.74. The number of para-hydroxylation sites is 1. The molecular formula is C21H21N3O2S. The number of nitrogens with zero attached hydrogens (tertiary/aromatic N) is 3. The number of anilines is 1. The number of thioether (sulfide) groups is 1. The SMILES string of the molecule is Cc1cccc(-c2nnc(S[C@H](C)C(=O)N3c4ccccc4C[C@@H]3C)o2)c1.